The van der Waals surface area contributed by atoms with E-state index in [1.807, 2.05) is 18.2 Å². The van der Waals surface area contributed by atoms with Gasteiger partial charge in [0.05, 0.1) is 45.3 Å². The van der Waals surface area contributed by atoms with Crippen molar-refractivity contribution in [3.63, 3.8) is 0 Å². The third-order valence-corrected chi connectivity index (χ3v) is 10.9. The van der Waals surface area contributed by atoms with Gasteiger partial charge in [-0.15, -0.1) is 0 Å². The molecule has 238 valence electrons. The number of hydrogen-bond acceptors (Lipinski definition) is 2. The van der Waals surface area contributed by atoms with Crippen LogP contribution in [0.4, 0.5) is 0 Å². The smallest absolute Gasteiger partial charge is 0.0991 e. The van der Waals surface area contributed by atoms with Crippen LogP contribution in [0, 0.1) is 22.7 Å². The lowest BCUT2D eigenvalue weighted by Gasteiger charge is -2.24. The van der Waals surface area contributed by atoms with Crippen LogP contribution in [0.1, 0.15) is 36.1 Å². The molecule has 4 heteroatoms. The van der Waals surface area contributed by atoms with Gasteiger partial charge < -0.3 is 9.13 Å². The van der Waals surface area contributed by atoms with Crippen molar-refractivity contribution in [1.82, 2.24) is 9.13 Å². The van der Waals surface area contributed by atoms with Crippen molar-refractivity contribution in [2.45, 2.75) is 19.3 Å². The fourth-order valence-electron chi connectivity index (χ4n) is 8.67. The first-order valence-corrected chi connectivity index (χ1v) is 17.2. The standard InChI is InChI=1S/C47H30N4/c1-47(2)41-21-17-29(27-48)23-39(41)37-19-20-38-35-13-3-6-16-43(35)51(46(38)45(37)47)34-12-8-10-32(26-34)31-9-7-11-33(25-31)50-42-15-5-4-14-36(42)40-24-30(28-49)18-22-44(40)50/h3-26H,1-2H3. The number of aromatic nitrogens is 2. The van der Waals surface area contributed by atoms with E-state index in [0.29, 0.717) is 11.1 Å². The number of nitrogens with zero attached hydrogens (tertiary/aromatic N) is 4. The van der Waals surface area contributed by atoms with Crippen molar-refractivity contribution >= 4 is 43.6 Å². The molecule has 0 aliphatic heterocycles. The summed E-state index contributed by atoms with van der Waals surface area (Å²) in [5.41, 5.74) is 14.9. The Labute approximate surface area is 295 Å². The average Bonchev–Trinajstić information content (AvgIpc) is 3.77. The van der Waals surface area contributed by atoms with E-state index in [0.717, 1.165) is 49.9 Å². The molecule has 0 spiro atoms. The molecule has 7 aromatic carbocycles. The normalized spacial score (nSPS) is 13.0. The molecule has 0 saturated heterocycles. The van der Waals surface area contributed by atoms with Gasteiger partial charge in [-0.05, 0) is 100 Å². The summed E-state index contributed by atoms with van der Waals surface area (Å²) in [7, 11) is 0. The molecule has 4 nitrogen and oxygen atoms in total. The van der Waals surface area contributed by atoms with Gasteiger partial charge in [0.2, 0.25) is 0 Å². The van der Waals surface area contributed by atoms with Gasteiger partial charge in [0.15, 0.2) is 0 Å². The molecule has 0 unspecified atom stereocenters. The first kappa shape index (κ1) is 29.1. The quantitative estimate of drug-likeness (QED) is 0.191. The highest BCUT2D eigenvalue weighted by Crippen LogP contribution is 2.53. The fourth-order valence-corrected chi connectivity index (χ4v) is 8.67. The summed E-state index contributed by atoms with van der Waals surface area (Å²) in [6, 6.07) is 55.9. The Morgan fingerprint density at radius 2 is 1.06 bits per heavy atom. The van der Waals surface area contributed by atoms with E-state index < -0.39 is 0 Å². The Morgan fingerprint density at radius 3 is 1.76 bits per heavy atom. The van der Waals surface area contributed by atoms with Crippen LogP contribution in [0.3, 0.4) is 0 Å². The van der Waals surface area contributed by atoms with Crippen LogP contribution in [0.25, 0.3) is 77.2 Å². The molecular formula is C47H30N4. The molecule has 51 heavy (non-hydrogen) atoms. The number of hydrogen-bond donors (Lipinski definition) is 0. The molecule has 0 fully saturated rings. The summed E-state index contributed by atoms with van der Waals surface area (Å²) in [4.78, 5) is 0. The van der Waals surface area contributed by atoms with E-state index in [4.69, 9.17) is 0 Å². The Hall–Kier alpha value is -6.88. The average molecular weight is 651 g/mol. The zero-order valence-electron chi connectivity index (χ0n) is 28.1. The maximum atomic E-state index is 9.74. The van der Waals surface area contributed by atoms with E-state index in [1.165, 1.54) is 38.5 Å². The predicted octanol–water partition coefficient (Wildman–Crippen LogP) is 11.6. The molecule has 0 atom stereocenters. The van der Waals surface area contributed by atoms with Gasteiger partial charge in [0.1, 0.15) is 0 Å². The summed E-state index contributed by atoms with van der Waals surface area (Å²) < 4.78 is 4.74. The summed E-state index contributed by atoms with van der Waals surface area (Å²) in [5, 5.41) is 24.0. The van der Waals surface area contributed by atoms with E-state index >= 15 is 0 Å². The molecule has 0 saturated carbocycles. The number of para-hydroxylation sites is 2. The SMILES string of the molecule is CC1(C)c2ccc(C#N)cc2-c2ccc3c4ccccc4n(-c4cccc(-c5cccc(-n6c7ccccc7c7cc(C#N)ccc76)c5)c4)c3c21. The highest BCUT2D eigenvalue weighted by Gasteiger charge is 2.38. The number of fused-ring (bicyclic) bond motifs is 10. The Kier molecular flexibility index (Phi) is 6.02. The molecule has 1 aliphatic carbocycles. The minimum absolute atomic E-state index is 0.257. The summed E-state index contributed by atoms with van der Waals surface area (Å²) in [6.07, 6.45) is 0. The predicted molar refractivity (Wildman–Crippen MR) is 208 cm³/mol. The maximum absolute atomic E-state index is 9.74. The molecule has 9 aromatic rings. The number of rotatable bonds is 3. The molecule has 1 aliphatic rings. The van der Waals surface area contributed by atoms with E-state index in [9.17, 15) is 10.5 Å². The van der Waals surface area contributed by atoms with E-state index in [-0.39, 0.29) is 5.41 Å². The second-order valence-corrected chi connectivity index (χ2v) is 14.0. The van der Waals surface area contributed by atoms with Crippen molar-refractivity contribution in [2.75, 3.05) is 0 Å². The number of nitriles is 2. The van der Waals surface area contributed by atoms with Gasteiger partial charge in [0.25, 0.3) is 0 Å². The Morgan fingerprint density at radius 1 is 0.471 bits per heavy atom. The second kappa shape index (κ2) is 10.6. The molecule has 10 rings (SSSR count). The summed E-state index contributed by atoms with van der Waals surface area (Å²) in [6.45, 7) is 4.62. The van der Waals surface area contributed by atoms with Gasteiger partial charge in [-0.1, -0.05) is 92.7 Å². The van der Waals surface area contributed by atoms with Crippen LogP contribution in [0.5, 0.6) is 0 Å². The van der Waals surface area contributed by atoms with Crippen molar-refractivity contribution in [3.8, 4) is 45.8 Å². The van der Waals surface area contributed by atoms with E-state index in [2.05, 4.69) is 163 Å². The summed E-state index contributed by atoms with van der Waals surface area (Å²) in [5.74, 6) is 0. The number of benzene rings is 7. The lowest BCUT2D eigenvalue weighted by molar-refractivity contribution is 0.664. The van der Waals surface area contributed by atoms with Crippen molar-refractivity contribution in [1.29, 1.82) is 10.5 Å². The largest absolute Gasteiger partial charge is 0.309 e. The molecule has 0 amide bonds. The Balaban J connectivity index is 1.18. The molecule has 2 aromatic heterocycles. The van der Waals surface area contributed by atoms with Gasteiger partial charge in [0, 0.05) is 38.3 Å². The van der Waals surface area contributed by atoms with Crippen LogP contribution < -0.4 is 0 Å². The minimum atomic E-state index is -0.257. The van der Waals surface area contributed by atoms with Crippen LogP contribution in [0.15, 0.2) is 146 Å². The first-order valence-electron chi connectivity index (χ1n) is 17.2. The molecular weight excluding hydrogens is 621 g/mol. The van der Waals surface area contributed by atoms with Crippen LogP contribution >= 0.6 is 0 Å². The molecule has 0 bridgehead atoms. The second-order valence-electron chi connectivity index (χ2n) is 14.0. The zero-order chi connectivity index (χ0) is 34.4. The fraction of sp³-hybridized carbons (Fsp3) is 0.0638. The van der Waals surface area contributed by atoms with Gasteiger partial charge in [-0.25, -0.2) is 0 Å². The molecule has 0 N–H and O–H groups in total. The molecule has 2 heterocycles. The van der Waals surface area contributed by atoms with Gasteiger partial charge in [-0.2, -0.15) is 10.5 Å². The zero-order valence-corrected chi connectivity index (χ0v) is 28.1. The minimum Gasteiger partial charge on any atom is -0.309 e. The van der Waals surface area contributed by atoms with Crippen LogP contribution in [0.2, 0.25) is 0 Å². The topological polar surface area (TPSA) is 57.4 Å². The van der Waals surface area contributed by atoms with Crippen molar-refractivity contribution in [3.05, 3.63) is 168 Å². The third kappa shape index (κ3) is 4.05. The lowest BCUT2D eigenvalue weighted by atomic mass is 9.81. The monoisotopic (exact) mass is 650 g/mol. The van der Waals surface area contributed by atoms with Crippen LogP contribution in [-0.4, -0.2) is 9.13 Å². The third-order valence-electron chi connectivity index (χ3n) is 10.9. The first-order chi connectivity index (χ1) is 25.0. The van der Waals surface area contributed by atoms with Gasteiger partial charge >= 0.3 is 0 Å². The lowest BCUT2D eigenvalue weighted by Crippen LogP contribution is -2.16. The van der Waals surface area contributed by atoms with E-state index in [1.54, 1.807) is 0 Å². The highest BCUT2D eigenvalue weighted by atomic mass is 15.0. The van der Waals surface area contributed by atoms with Crippen molar-refractivity contribution < 1.29 is 0 Å². The van der Waals surface area contributed by atoms with Gasteiger partial charge in [-0.3, -0.25) is 0 Å². The highest BCUT2D eigenvalue weighted by molar-refractivity contribution is 6.13. The Bertz CT molecular complexity index is 3030. The molecule has 0 radical (unpaired) electrons. The maximum Gasteiger partial charge on any atom is 0.0991 e. The van der Waals surface area contributed by atoms with Crippen LogP contribution in [-0.2, 0) is 5.41 Å². The van der Waals surface area contributed by atoms with Crippen molar-refractivity contribution in [2.24, 2.45) is 0 Å². The summed E-state index contributed by atoms with van der Waals surface area (Å²) >= 11 is 0.